The molecule has 6 aromatic rings. The minimum atomic E-state index is -0.833. The Morgan fingerprint density at radius 1 is 0.561 bits per heavy atom. The van der Waals surface area contributed by atoms with Crippen LogP contribution in [0.2, 0.25) is 0 Å². The van der Waals surface area contributed by atoms with Crippen molar-refractivity contribution in [1.29, 1.82) is 10.5 Å². The molecule has 0 aliphatic heterocycles. The average Bonchev–Trinajstić information content (AvgIpc) is 3.32. The first-order valence-corrected chi connectivity index (χ1v) is 21.6. The zero-order valence-corrected chi connectivity index (χ0v) is 37.0. The predicted molar refractivity (Wildman–Crippen MR) is 247 cm³/mol. The van der Waals surface area contributed by atoms with Gasteiger partial charge in [0.1, 0.15) is 61.6 Å². The number of aromatic nitrogens is 2. The number of pyridine rings is 2. The molecule has 0 atom stereocenters. The van der Waals surface area contributed by atoms with Crippen LogP contribution in [0, 0.1) is 36.5 Å². The van der Waals surface area contributed by atoms with Crippen LogP contribution in [0.5, 0.6) is 23.0 Å². The molecule has 0 saturated carbocycles. The zero-order valence-electron chi connectivity index (χ0n) is 37.0. The van der Waals surface area contributed by atoms with Gasteiger partial charge in [-0.25, -0.2) is 0 Å². The normalized spacial score (nSPS) is 10.7. The molecule has 14 heteroatoms. The number of nitriles is 2. The van der Waals surface area contributed by atoms with Crippen LogP contribution in [-0.4, -0.2) is 45.2 Å². The Morgan fingerprint density at radius 2 is 1.00 bits per heavy atom. The van der Waals surface area contributed by atoms with Gasteiger partial charge in [0.2, 0.25) is 0 Å². The lowest BCUT2D eigenvalue weighted by atomic mass is 9.92. The van der Waals surface area contributed by atoms with E-state index in [-0.39, 0.29) is 26.1 Å². The fourth-order valence-corrected chi connectivity index (χ4v) is 7.15. The Balaban J connectivity index is 1.14. The minimum Gasteiger partial charge on any atom is -0.489 e. The van der Waals surface area contributed by atoms with Gasteiger partial charge in [-0.2, -0.15) is 10.5 Å². The summed E-state index contributed by atoms with van der Waals surface area (Å²) in [6.45, 7) is 7.18. The molecular weight excluding hydrogens is 837 g/mol. The van der Waals surface area contributed by atoms with Crippen LogP contribution in [0.15, 0.2) is 110 Å². The Morgan fingerprint density at radius 3 is 1.41 bits per heavy atom. The van der Waals surface area contributed by atoms with Gasteiger partial charge >= 0.3 is 11.9 Å². The third kappa shape index (κ3) is 14.1. The molecule has 0 radical (unpaired) electrons. The molecule has 0 unspecified atom stereocenters. The Kier molecular flexibility index (Phi) is 17.6. The third-order valence-electron chi connectivity index (χ3n) is 10.8. The summed E-state index contributed by atoms with van der Waals surface area (Å²) in [5, 5.41) is 43.3. The highest BCUT2D eigenvalue weighted by atomic mass is 16.5. The van der Waals surface area contributed by atoms with Crippen molar-refractivity contribution in [2.45, 2.75) is 79.0 Å². The molecule has 0 bridgehead atoms. The second-order valence-electron chi connectivity index (χ2n) is 15.6. The summed E-state index contributed by atoms with van der Waals surface area (Å²) in [6.07, 6.45) is 7.49. The van der Waals surface area contributed by atoms with Crippen molar-refractivity contribution >= 4 is 11.9 Å². The van der Waals surface area contributed by atoms with E-state index in [1.54, 1.807) is 24.5 Å². The zero-order chi connectivity index (χ0) is 46.7. The maximum atomic E-state index is 11.0. The van der Waals surface area contributed by atoms with Crippen molar-refractivity contribution in [1.82, 2.24) is 20.6 Å². The van der Waals surface area contributed by atoms with Crippen LogP contribution in [0.3, 0.4) is 0 Å². The third-order valence-corrected chi connectivity index (χ3v) is 10.8. The summed E-state index contributed by atoms with van der Waals surface area (Å²) in [6, 6.07) is 31.4. The number of ether oxygens (including phenoxy) is 4. The molecule has 0 spiro atoms. The first kappa shape index (κ1) is 47.7. The topological polar surface area (TPSA) is 209 Å². The summed E-state index contributed by atoms with van der Waals surface area (Å²) in [7, 11) is 0. The molecule has 14 nitrogen and oxygen atoms in total. The number of benzene rings is 4. The molecule has 0 aliphatic carbocycles. The smallest absolute Gasteiger partial charge is 0.303 e. The SMILES string of the molecule is Cc1c(COc2ccc(CNCCCC(=O)O)c(OCc3cncc(C#N)c3)c2)cccc1-c1cccc(COc2ccc(CNCCCC(=O)O)c(OCc3cncc(C#N)c3)c2)c1C. The van der Waals surface area contributed by atoms with Crippen LogP contribution < -0.4 is 29.6 Å². The lowest BCUT2D eigenvalue weighted by Crippen LogP contribution is -2.16. The van der Waals surface area contributed by atoms with Gasteiger partial charge in [-0.3, -0.25) is 19.6 Å². The van der Waals surface area contributed by atoms with Crippen LogP contribution in [0.1, 0.15) is 81.3 Å². The second-order valence-corrected chi connectivity index (χ2v) is 15.6. The van der Waals surface area contributed by atoms with Crippen LogP contribution >= 0.6 is 0 Å². The first-order valence-electron chi connectivity index (χ1n) is 21.6. The van der Waals surface area contributed by atoms with Gasteiger partial charge < -0.3 is 39.8 Å². The van der Waals surface area contributed by atoms with E-state index in [4.69, 9.17) is 29.2 Å². The van der Waals surface area contributed by atoms with E-state index < -0.39 is 11.9 Å². The summed E-state index contributed by atoms with van der Waals surface area (Å²) < 4.78 is 25.3. The van der Waals surface area contributed by atoms with Crippen molar-refractivity contribution < 1.29 is 38.7 Å². The summed E-state index contributed by atoms with van der Waals surface area (Å²) in [5.41, 5.74) is 10.5. The number of carboxylic acid groups (broad SMARTS) is 2. The standard InChI is InChI=1S/C52H52N6O8/c1-35-43(33-63-45-15-13-41(29-55-17-5-11-51(59)60)49(21-45)65-31-39-19-37(23-53)25-57-27-39)7-3-9-47(35)48-10-4-8-44(36(48)2)34-64-46-16-14-42(30-56-18-6-12-52(61)62)50(22-46)66-32-40-20-38(24-54)26-58-28-40/h3-4,7-10,13-16,19-22,25-28,55-56H,5-6,11-12,17-18,29-34H2,1-2H3,(H,59,60)(H,61,62). The molecule has 338 valence electrons. The maximum Gasteiger partial charge on any atom is 0.303 e. The molecule has 66 heavy (non-hydrogen) atoms. The molecule has 4 aromatic carbocycles. The number of carbonyl (C=O) groups is 2. The molecule has 0 amide bonds. The van der Waals surface area contributed by atoms with Gasteiger partial charge in [-0.05, 0) is 97.4 Å². The highest BCUT2D eigenvalue weighted by Gasteiger charge is 2.15. The fraction of sp³-hybridized carbons (Fsp3) is 0.269. The van der Waals surface area contributed by atoms with Crippen molar-refractivity contribution in [2.24, 2.45) is 0 Å². The van der Waals surface area contributed by atoms with E-state index in [1.165, 1.54) is 12.4 Å². The van der Waals surface area contributed by atoms with Crippen molar-refractivity contribution in [3.05, 3.63) is 165 Å². The number of aliphatic carboxylic acids is 2. The van der Waals surface area contributed by atoms with Gasteiger partial charge in [0.05, 0.1) is 11.1 Å². The summed E-state index contributed by atoms with van der Waals surface area (Å²) in [4.78, 5) is 30.2. The Bertz CT molecular complexity index is 2530. The Labute approximate surface area is 384 Å². The Hall–Kier alpha value is -7.78. The van der Waals surface area contributed by atoms with Gasteiger partial charge in [0.25, 0.3) is 0 Å². The largest absolute Gasteiger partial charge is 0.489 e. The number of nitrogens with one attached hydrogen (secondary N) is 2. The second kappa shape index (κ2) is 24.3. The van der Waals surface area contributed by atoms with E-state index >= 15 is 0 Å². The average molecular weight is 889 g/mol. The van der Waals surface area contributed by atoms with E-state index in [9.17, 15) is 20.1 Å². The monoisotopic (exact) mass is 888 g/mol. The van der Waals surface area contributed by atoms with Crippen LogP contribution in [0.25, 0.3) is 11.1 Å². The van der Waals surface area contributed by atoms with Crippen LogP contribution in [0.4, 0.5) is 0 Å². The molecule has 2 heterocycles. The molecule has 4 N–H and O–H groups in total. The molecule has 0 saturated heterocycles. The number of hydrogen-bond donors (Lipinski definition) is 4. The van der Waals surface area contributed by atoms with Crippen molar-refractivity contribution in [2.75, 3.05) is 13.1 Å². The molecule has 0 aliphatic rings. The van der Waals surface area contributed by atoms with Gasteiger partial charge in [-0.1, -0.05) is 48.5 Å². The molecule has 0 fully saturated rings. The number of carboxylic acids is 2. The molecular formula is C52H52N6O8. The van der Waals surface area contributed by atoms with Gasteiger partial charge in [0, 0.05) is 85.1 Å². The predicted octanol–water partition coefficient (Wildman–Crippen LogP) is 8.73. The van der Waals surface area contributed by atoms with E-state index in [0.29, 0.717) is 86.4 Å². The summed E-state index contributed by atoms with van der Waals surface area (Å²) >= 11 is 0. The van der Waals surface area contributed by atoms with Gasteiger partial charge in [0.15, 0.2) is 0 Å². The maximum absolute atomic E-state index is 11.0. The van der Waals surface area contributed by atoms with Crippen LogP contribution in [-0.2, 0) is 49.1 Å². The highest BCUT2D eigenvalue weighted by Crippen LogP contribution is 2.33. The van der Waals surface area contributed by atoms with E-state index in [2.05, 4.69) is 70.9 Å². The van der Waals surface area contributed by atoms with E-state index in [0.717, 1.165) is 55.6 Å². The van der Waals surface area contributed by atoms with Crippen molar-refractivity contribution in [3.8, 4) is 46.3 Å². The van der Waals surface area contributed by atoms with E-state index in [1.807, 2.05) is 48.5 Å². The lowest BCUT2D eigenvalue weighted by molar-refractivity contribution is -0.138. The number of hydrogen-bond acceptors (Lipinski definition) is 12. The fourth-order valence-electron chi connectivity index (χ4n) is 7.15. The lowest BCUT2D eigenvalue weighted by Gasteiger charge is -2.18. The summed E-state index contributed by atoms with van der Waals surface area (Å²) in [5.74, 6) is 0.760. The minimum absolute atomic E-state index is 0.0841. The van der Waals surface area contributed by atoms with Gasteiger partial charge in [-0.15, -0.1) is 0 Å². The number of nitrogens with zero attached hydrogens (tertiary/aromatic N) is 4. The van der Waals surface area contributed by atoms with Crippen molar-refractivity contribution in [3.63, 3.8) is 0 Å². The molecule has 6 rings (SSSR count). The number of rotatable bonds is 25. The first-order chi connectivity index (χ1) is 32.1. The quantitative estimate of drug-likeness (QED) is 0.0397. The molecule has 2 aromatic heterocycles. The highest BCUT2D eigenvalue weighted by molar-refractivity contribution is 5.72.